The second kappa shape index (κ2) is 7.47. The van der Waals surface area contributed by atoms with Gasteiger partial charge >= 0.3 is 6.18 Å². The SMILES string of the molecule is CCn1cc(CN2CCc3nc(-c4ccc(C(F)(F)F)cc4)[nH]c(=O)c3C2)cn1. The van der Waals surface area contributed by atoms with Gasteiger partial charge in [-0.2, -0.15) is 18.3 Å². The molecule has 152 valence electrons. The highest BCUT2D eigenvalue weighted by Gasteiger charge is 2.30. The standard InChI is InChI=1S/C20H20F3N5O/c1-2-28-11-13(9-24-28)10-27-8-7-17-16(12-27)19(29)26-18(25-17)14-3-5-15(6-4-14)20(21,22)23/h3-6,9,11H,2,7-8,10,12H2,1H3,(H,25,26,29). The topological polar surface area (TPSA) is 66.8 Å². The number of aryl methyl sites for hydroxylation is 1. The molecule has 29 heavy (non-hydrogen) atoms. The van der Waals surface area contributed by atoms with Crippen LogP contribution < -0.4 is 5.56 Å². The van der Waals surface area contributed by atoms with Crippen molar-refractivity contribution in [3.63, 3.8) is 0 Å². The lowest BCUT2D eigenvalue weighted by Gasteiger charge is -2.27. The van der Waals surface area contributed by atoms with E-state index in [9.17, 15) is 18.0 Å². The van der Waals surface area contributed by atoms with E-state index in [-0.39, 0.29) is 5.56 Å². The van der Waals surface area contributed by atoms with Gasteiger partial charge in [0.1, 0.15) is 5.82 Å². The van der Waals surface area contributed by atoms with Crippen molar-refractivity contribution < 1.29 is 13.2 Å². The number of hydrogen-bond acceptors (Lipinski definition) is 4. The summed E-state index contributed by atoms with van der Waals surface area (Å²) in [5.41, 5.74) is 1.86. The molecule has 0 radical (unpaired) electrons. The fraction of sp³-hybridized carbons (Fsp3) is 0.350. The first kappa shape index (κ1) is 19.4. The van der Waals surface area contributed by atoms with Crippen molar-refractivity contribution in [1.82, 2.24) is 24.6 Å². The molecule has 0 unspecified atom stereocenters. The predicted molar refractivity (Wildman–Crippen MR) is 101 cm³/mol. The molecule has 6 nitrogen and oxygen atoms in total. The number of nitrogens with zero attached hydrogens (tertiary/aromatic N) is 4. The molecule has 3 heterocycles. The molecule has 0 aliphatic carbocycles. The number of nitrogens with one attached hydrogen (secondary N) is 1. The van der Waals surface area contributed by atoms with Gasteiger partial charge in [-0.3, -0.25) is 14.4 Å². The van der Waals surface area contributed by atoms with E-state index in [1.165, 1.54) is 12.1 Å². The van der Waals surface area contributed by atoms with Crippen LogP contribution in [0.15, 0.2) is 41.5 Å². The van der Waals surface area contributed by atoms with Crippen molar-refractivity contribution >= 4 is 0 Å². The van der Waals surface area contributed by atoms with Gasteiger partial charge in [0.15, 0.2) is 0 Å². The van der Waals surface area contributed by atoms with E-state index in [1.807, 2.05) is 24.0 Å². The molecule has 0 bridgehead atoms. The second-order valence-electron chi connectivity index (χ2n) is 7.08. The Kier molecular flexibility index (Phi) is 4.99. The molecule has 0 spiro atoms. The minimum Gasteiger partial charge on any atom is -0.306 e. The van der Waals surface area contributed by atoms with Gasteiger partial charge in [0.25, 0.3) is 5.56 Å². The van der Waals surface area contributed by atoms with Crippen LogP contribution in [0.4, 0.5) is 13.2 Å². The molecule has 1 N–H and O–H groups in total. The highest BCUT2D eigenvalue weighted by molar-refractivity contribution is 5.56. The molecule has 9 heteroatoms. The Morgan fingerprint density at radius 3 is 2.62 bits per heavy atom. The number of aromatic nitrogens is 4. The maximum atomic E-state index is 12.7. The molecule has 3 aromatic rings. The van der Waals surface area contributed by atoms with E-state index in [4.69, 9.17) is 0 Å². The molecule has 0 saturated carbocycles. The summed E-state index contributed by atoms with van der Waals surface area (Å²) >= 11 is 0. The first-order valence-electron chi connectivity index (χ1n) is 9.37. The Morgan fingerprint density at radius 2 is 1.97 bits per heavy atom. The lowest BCUT2D eigenvalue weighted by atomic mass is 10.1. The zero-order chi connectivity index (χ0) is 20.6. The molecule has 2 aromatic heterocycles. The Labute approximate surface area is 165 Å². The first-order chi connectivity index (χ1) is 13.8. The third-order valence-corrected chi connectivity index (χ3v) is 5.05. The number of H-pyrrole nitrogens is 1. The molecule has 0 saturated heterocycles. The molecule has 0 fully saturated rings. The molecular formula is C20H20F3N5O. The quantitative estimate of drug-likeness (QED) is 0.726. The molecular weight excluding hydrogens is 383 g/mol. The van der Waals surface area contributed by atoms with E-state index in [1.54, 1.807) is 0 Å². The Balaban J connectivity index is 1.54. The predicted octanol–water partition coefficient (Wildman–Crippen LogP) is 3.23. The van der Waals surface area contributed by atoms with Crippen molar-refractivity contribution in [3.05, 3.63) is 69.4 Å². The summed E-state index contributed by atoms with van der Waals surface area (Å²) in [6.45, 7) is 4.74. The Morgan fingerprint density at radius 1 is 1.21 bits per heavy atom. The number of benzene rings is 1. The van der Waals surface area contributed by atoms with E-state index < -0.39 is 11.7 Å². The van der Waals surface area contributed by atoms with Gasteiger partial charge in [0, 0.05) is 49.9 Å². The van der Waals surface area contributed by atoms with Crippen LogP contribution in [0.5, 0.6) is 0 Å². The second-order valence-corrected chi connectivity index (χ2v) is 7.08. The van der Waals surface area contributed by atoms with E-state index in [2.05, 4.69) is 20.0 Å². The van der Waals surface area contributed by atoms with Crippen molar-refractivity contribution in [2.45, 2.75) is 39.2 Å². The normalized spacial score (nSPS) is 14.8. The maximum Gasteiger partial charge on any atom is 0.416 e. The monoisotopic (exact) mass is 403 g/mol. The number of rotatable bonds is 4. The van der Waals surface area contributed by atoms with Gasteiger partial charge in [0.2, 0.25) is 0 Å². The van der Waals surface area contributed by atoms with Crippen LogP contribution in [-0.4, -0.2) is 31.2 Å². The summed E-state index contributed by atoms with van der Waals surface area (Å²) in [6.07, 6.45) is 0.0298. The third kappa shape index (κ3) is 4.09. The fourth-order valence-electron chi connectivity index (χ4n) is 3.49. The van der Waals surface area contributed by atoms with Crippen LogP contribution in [0.25, 0.3) is 11.4 Å². The Bertz CT molecular complexity index is 1070. The average Bonchev–Trinajstić information content (AvgIpc) is 3.15. The zero-order valence-corrected chi connectivity index (χ0v) is 15.8. The fourth-order valence-corrected chi connectivity index (χ4v) is 3.49. The number of halogens is 3. The van der Waals surface area contributed by atoms with Gasteiger partial charge < -0.3 is 4.98 Å². The first-order valence-corrected chi connectivity index (χ1v) is 9.37. The minimum atomic E-state index is -4.40. The van der Waals surface area contributed by atoms with Crippen LogP contribution >= 0.6 is 0 Å². The van der Waals surface area contributed by atoms with Crippen molar-refractivity contribution in [2.24, 2.45) is 0 Å². The number of fused-ring (bicyclic) bond motifs is 1. The molecule has 1 aromatic carbocycles. The summed E-state index contributed by atoms with van der Waals surface area (Å²) in [7, 11) is 0. The molecule has 0 amide bonds. The van der Waals surface area contributed by atoms with Gasteiger partial charge in [0.05, 0.1) is 23.0 Å². The van der Waals surface area contributed by atoms with Gasteiger partial charge in [-0.05, 0) is 19.1 Å². The van der Waals surface area contributed by atoms with E-state index in [0.29, 0.717) is 42.2 Å². The number of aromatic amines is 1. The van der Waals surface area contributed by atoms with Crippen molar-refractivity contribution in [2.75, 3.05) is 6.54 Å². The van der Waals surface area contributed by atoms with Gasteiger partial charge in [-0.1, -0.05) is 12.1 Å². The van der Waals surface area contributed by atoms with Crippen LogP contribution in [0.2, 0.25) is 0 Å². The highest BCUT2D eigenvalue weighted by Crippen LogP contribution is 2.30. The van der Waals surface area contributed by atoms with Gasteiger partial charge in [-0.15, -0.1) is 0 Å². The van der Waals surface area contributed by atoms with Crippen molar-refractivity contribution in [3.8, 4) is 11.4 Å². The molecule has 1 aliphatic heterocycles. The number of hydrogen-bond donors (Lipinski definition) is 1. The lowest BCUT2D eigenvalue weighted by Crippen LogP contribution is -2.35. The minimum absolute atomic E-state index is 0.251. The Hall–Kier alpha value is -2.94. The molecule has 1 aliphatic rings. The van der Waals surface area contributed by atoms with E-state index >= 15 is 0 Å². The number of alkyl halides is 3. The molecule has 0 atom stereocenters. The lowest BCUT2D eigenvalue weighted by molar-refractivity contribution is -0.137. The zero-order valence-electron chi connectivity index (χ0n) is 15.8. The van der Waals surface area contributed by atoms with Crippen LogP contribution in [-0.2, 0) is 32.2 Å². The summed E-state index contributed by atoms with van der Waals surface area (Å²) in [4.78, 5) is 22.0. The van der Waals surface area contributed by atoms with E-state index in [0.717, 1.165) is 30.8 Å². The highest BCUT2D eigenvalue weighted by atomic mass is 19.4. The summed E-state index contributed by atoms with van der Waals surface area (Å²) in [6, 6.07) is 4.64. The summed E-state index contributed by atoms with van der Waals surface area (Å²) in [5.74, 6) is 0.292. The smallest absolute Gasteiger partial charge is 0.306 e. The largest absolute Gasteiger partial charge is 0.416 e. The van der Waals surface area contributed by atoms with Crippen LogP contribution in [0, 0.1) is 0 Å². The molecule has 4 rings (SSSR count). The van der Waals surface area contributed by atoms with Crippen molar-refractivity contribution in [1.29, 1.82) is 0 Å². The third-order valence-electron chi connectivity index (χ3n) is 5.05. The maximum absolute atomic E-state index is 12.7. The average molecular weight is 403 g/mol. The summed E-state index contributed by atoms with van der Waals surface area (Å²) in [5, 5.41) is 4.27. The van der Waals surface area contributed by atoms with Gasteiger partial charge in [-0.25, -0.2) is 4.98 Å². The van der Waals surface area contributed by atoms with Crippen LogP contribution in [0.1, 0.15) is 29.3 Å². The summed E-state index contributed by atoms with van der Waals surface area (Å²) < 4.78 is 40.1. The van der Waals surface area contributed by atoms with Crippen LogP contribution in [0.3, 0.4) is 0 Å².